The molecule has 0 spiro atoms. The Bertz CT molecular complexity index is 573. The normalized spacial score (nSPS) is 17.9. The largest absolute Gasteiger partial charge is 0.497 e. The van der Waals surface area contributed by atoms with Gasteiger partial charge in [0, 0.05) is 36.7 Å². The number of rotatable bonds is 6. The van der Waals surface area contributed by atoms with Gasteiger partial charge in [-0.05, 0) is 49.8 Å². The predicted octanol–water partition coefficient (Wildman–Crippen LogP) is 3.18. The number of carbonyl (C=O) groups excluding carboxylic acids is 2. The minimum Gasteiger partial charge on any atom is -0.497 e. The standard InChI is InChI=1S/C18H25NO3S/c1-13-11-15(22-2)6-7-16(13)18(21)14-5-4-9-19(12-14)17(20)8-10-23-3/h6-7,11,14H,4-5,8-10,12H2,1-3H3. The maximum absolute atomic E-state index is 12.8. The smallest absolute Gasteiger partial charge is 0.223 e. The molecule has 0 aromatic heterocycles. The van der Waals surface area contributed by atoms with Crippen LogP contribution in [0.1, 0.15) is 35.2 Å². The number of ketones is 1. The van der Waals surface area contributed by atoms with E-state index < -0.39 is 0 Å². The van der Waals surface area contributed by atoms with E-state index in [1.807, 2.05) is 36.3 Å². The molecule has 1 saturated heterocycles. The van der Waals surface area contributed by atoms with Crippen LogP contribution in [0.4, 0.5) is 0 Å². The van der Waals surface area contributed by atoms with E-state index in [-0.39, 0.29) is 17.6 Å². The van der Waals surface area contributed by atoms with Crippen LogP contribution >= 0.6 is 11.8 Å². The fourth-order valence-electron chi connectivity index (χ4n) is 3.02. The minimum absolute atomic E-state index is 0.0888. The quantitative estimate of drug-likeness (QED) is 0.749. The minimum atomic E-state index is -0.0888. The zero-order chi connectivity index (χ0) is 16.8. The van der Waals surface area contributed by atoms with Crippen molar-refractivity contribution in [3.05, 3.63) is 29.3 Å². The van der Waals surface area contributed by atoms with Crippen LogP contribution in [0.25, 0.3) is 0 Å². The van der Waals surface area contributed by atoms with E-state index in [2.05, 4.69) is 0 Å². The molecule has 1 aromatic carbocycles. The fraction of sp³-hybridized carbons (Fsp3) is 0.556. The number of Topliss-reactive ketones (excluding diaryl/α,β-unsaturated/α-hetero) is 1. The lowest BCUT2D eigenvalue weighted by molar-refractivity contribution is -0.132. The summed E-state index contributed by atoms with van der Waals surface area (Å²) in [5, 5.41) is 0. The monoisotopic (exact) mass is 335 g/mol. The van der Waals surface area contributed by atoms with E-state index in [0.29, 0.717) is 13.0 Å². The van der Waals surface area contributed by atoms with Gasteiger partial charge in [0.2, 0.25) is 5.91 Å². The van der Waals surface area contributed by atoms with Gasteiger partial charge in [0.05, 0.1) is 7.11 Å². The van der Waals surface area contributed by atoms with Gasteiger partial charge in [-0.3, -0.25) is 9.59 Å². The lowest BCUT2D eigenvalue weighted by Gasteiger charge is -2.32. The Labute approximate surface area is 142 Å². The first-order valence-electron chi connectivity index (χ1n) is 8.02. The van der Waals surface area contributed by atoms with Gasteiger partial charge in [-0.1, -0.05) is 0 Å². The first-order chi connectivity index (χ1) is 11.1. The van der Waals surface area contributed by atoms with Crippen molar-refractivity contribution in [1.29, 1.82) is 0 Å². The Hall–Kier alpha value is -1.49. The first kappa shape index (κ1) is 17.9. The van der Waals surface area contributed by atoms with Crippen molar-refractivity contribution in [1.82, 2.24) is 4.90 Å². The molecule has 126 valence electrons. The number of ether oxygens (including phenoxy) is 1. The Morgan fingerprint density at radius 2 is 2.17 bits per heavy atom. The molecule has 0 bridgehead atoms. The van der Waals surface area contributed by atoms with Crippen LogP contribution in [0.5, 0.6) is 5.75 Å². The van der Waals surface area contributed by atoms with E-state index in [4.69, 9.17) is 4.74 Å². The van der Waals surface area contributed by atoms with Gasteiger partial charge in [0.15, 0.2) is 5.78 Å². The number of nitrogens with zero attached hydrogens (tertiary/aromatic N) is 1. The molecule has 0 saturated carbocycles. The molecular weight excluding hydrogens is 310 g/mol. The number of benzene rings is 1. The summed E-state index contributed by atoms with van der Waals surface area (Å²) in [7, 11) is 1.62. The van der Waals surface area contributed by atoms with Crippen molar-refractivity contribution in [3.8, 4) is 5.75 Å². The van der Waals surface area contributed by atoms with Crippen LogP contribution in [-0.4, -0.2) is 48.8 Å². The molecular formula is C18H25NO3S. The summed E-state index contributed by atoms with van der Waals surface area (Å²) >= 11 is 1.68. The lowest BCUT2D eigenvalue weighted by atomic mass is 9.88. The van der Waals surface area contributed by atoms with Crippen molar-refractivity contribution in [2.45, 2.75) is 26.2 Å². The SMILES string of the molecule is COc1ccc(C(=O)C2CCCN(C(=O)CCSC)C2)c(C)c1. The zero-order valence-corrected chi connectivity index (χ0v) is 14.9. The Kier molecular flexibility index (Phi) is 6.51. The van der Waals surface area contributed by atoms with E-state index in [1.165, 1.54) is 0 Å². The van der Waals surface area contributed by atoms with Crippen molar-refractivity contribution < 1.29 is 14.3 Å². The summed E-state index contributed by atoms with van der Waals surface area (Å²) in [6, 6.07) is 5.55. The predicted molar refractivity (Wildman–Crippen MR) is 94.4 cm³/mol. The van der Waals surface area contributed by atoms with Crippen LogP contribution in [0.15, 0.2) is 18.2 Å². The van der Waals surface area contributed by atoms with Gasteiger partial charge >= 0.3 is 0 Å². The molecule has 0 N–H and O–H groups in total. The highest BCUT2D eigenvalue weighted by atomic mass is 32.2. The molecule has 0 radical (unpaired) electrons. The average molecular weight is 335 g/mol. The summed E-state index contributed by atoms with van der Waals surface area (Å²) < 4.78 is 5.20. The molecule has 0 aliphatic carbocycles. The Morgan fingerprint density at radius 3 is 2.83 bits per heavy atom. The molecule has 1 amide bonds. The lowest BCUT2D eigenvalue weighted by Crippen LogP contribution is -2.42. The third kappa shape index (κ3) is 4.50. The highest BCUT2D eigenvalue weighted by Gasteiger charge is 2.29. The molecule has 1 aromatic rings. The van der Waals surface area contributed by atoms with Crippen molar-refractivity contribution in [2.75, 3.05) is 32.2 Å². The second kappa shape index (κ2) is 8.39. The number of methoxy groups -OCH3 is 1. The molecule has 1 fully saturated rings. The van der Waals surface area contributed by atoms with Crippen molar-refractivity contribution >= 4 is 23.5 Å². The maximum Gasteiger partial charge on any atom is 0.223 e. The molecule has 1 aliphatic rings. The third-order valence-corrected chi connectivity index (χ3v) is 4.98. The summed E-state index contributed by atoms with van der Waals surface area (Å²) in [5.74, 6) is 1.83. The van der Waals surface area contributed by atoms with Crippen LogP contribution in [-0.2, 0) is 4.79 Å². The van der Waals surface area contributed by atoms with Gasteiger partial charge in [-0.2, -0.15) is 11.8 Å². The molecule has 4 nitrogen and oxygen atoms in total. The Morgan fingerprint density at radius 1 is 1.39 bits per heavy atom. The van der Waals surface area contributed by atoms with E-state index in [9.17, 15) is 9.59 Å². The number of amides is 1. The molecule has 1 heterocycles. The number of carbonyl (C=O) groups is 2. The van der Waals surface area contributed by atoms with E-state index >= 15 is 0 Å². The molecule has 5 heteroatoms. The molecule has 1 aliphatic heterocycles. The van der Waals surface area contributed by atoms with E-state index in [1.54, 1.807) is 18.9 Å². The highest BCUT2D eigenvalue weighted by Crippen LogP contribution is 2.25. The van der Waals surface area contributed by atoms with Gasteiger partial charge in [0.1, 0.15) is 5.75 Å². The topological polar surface area (TPSA) is 46.6 Å². The second-order valence-electron chi connectivity index (χ2n) is 5.97. The molecule has 1 atom stereocenters. The second-order valence-corrected chi connectivity index (χ2v) is 6.95. The van der Waals surface area contributed by atoms with Gasteiger partial charge in [0.25, 0.3) is 0 Å². The summed E-state index contributed by atoms with van der Waals surface area (Å²) in [4.78, 5) is 26.9. The van der Waals surface area contributed by atoms with Gasteiger partial charge in [-0.25, -0.2) is 0 Å². The number of hydrogen-bond acceptors (Lipinski definition) is 4. The zero-order valence-electron chi connectivity index (χ0n) is 14.1. The molecule has 2 rings (SSSR count). The summed E-state index contributed by atoms with van der Waals surface area (Å²) in [5.41, 5.74) is 1.68. The molecule has 23 heavy (non-hydrogen) atoms. The summed E-state index contributed by atoms with van der Waals surface area (Å²) in [6.45, 7) is 3.26. The van der Waals surface area contributed by atoms with Crippen molar-refractivity contribution in [3.63, 3.8) is 0 Å². The number of hydrogen-bond donors (Lipinski definition) is 0. The van der Waals surface area contributed by atoms with Crippen LogP contribution < -0.4 is 4.74 Å². The Balaban J connectivity index is 2.06. The van der Waals surface area contributed by atoms with Gasteiger partial charge in [-0.15, -0.1) is 0 Å². The van der Waals surface area contributed by atoms with Crippen LogP contribution in [0.2, 0.25) is 0 Å². The van der Waals surface area contributed by atoms with Crippen molar-refractivity contribution in [2.24, 2.45) is 5.92 Å². The highest BCUT2D eigenvalue weighted by molar-refractivity contribution is 7.98. The van der Waals surface area contributed by atoms with E-state index in [0.717, 1.165) is 42.0 Å². The number of aryl methyl sites for hydroxylation is 1. The summed E-state index contributed by atoms with van der Waals surface area (Å²) in [6.07, 6.45) is 4.32. The maximum atomic E-state index is 12.8. The van der Waals surface area contributed by atoms with Crippen LogP contribution in [0, 0.1) is 12.8 Å². The van der Waals surface area contributed by atoms with Gasteiger partial charge < -0.3 is 9.64 Å². The molecule has 1 unspecified atom stereocenters. The fourth-order valence-corrected chi connectivity index (χ4v) is 3.40. The first-order valence-corrected chi connectivity index (χ1v) is 9.41. The average Bonchev–Trinajstić information content (AvgIpc) is 2.59. The number of piperidine rings is 1. The number of likely N-dealkylation sites (tertiary alicyclic amines) is 1. The number of thioether (sulfide) groups is 1. The third-order valence-electron chi connectivity index (χ3n) is 4.36. The van der Waals surface area contributed by atoms with Crippen LogP contribution in [0.3, 0.4) is 0 Å².